The fourth-order valence-corrected chi connectivity index (χ4v) is 3.51. The fraction of sp³-hybridized carbons (Fsp3) is 0.409. The number of nitrogens with zero attached hydrogens (tertiary/aromatic N) is 3. The van der Waals surface area contributed by atoms with Gasteiger partial charge in [0.05, 0.1) is 0 Å². The van der Waals surface area contributed by atoms with E-state index in [9.17, 15) is 9.59 Å². The van der Waals surface area contributed by atoms with Crippen LogP contribution >= 0.6 is 11.6 Å². The topological polar surface area (TPSA) is 77.6 Å². The molecule has 1 aliphatic rings. The molecule has 3 amide bonds. The van der Waals surface area contributed by atoms with Gasteiger partial charge in [0.2, 0.25) is 5.91 Å². The van der Waals surface area contributed by atoms with E-state index in [4.69, 9.17) is 11.6 Å². The Morgan fingerprint density at radius 3 is 2.40 bits per heavy atom. The van der Waals surface area contributed by atoms with Gasteiger partial charge in [-0.05, 0) is 41.8 Å². The number of rotatable bonds is 6. The van der Waals surface area contributed by atoms with Crippen LogP contribution in [0.5, 0.6) is 0 Å². The van der Waals surface area contributed by atoms with Gasteiger partial charge in [0.15, 0.2) is 0 Å². The van der Waals surface area contributed by atoms with Crippen LogP contribution in [0.1, 0.15) is 19.4 Å². The molecule has 1 aromatic carbocycles. The zero-order valence-electron chi connectivity index (χ0n) is 17.3. The Morgan fingerprint density at radius 2 is 1.80 bits per heavy atom. The molecule has 2 aromatic rings. The van der Waals surface area contributed by atoms with Gasteiger partial charge >= 0.3 is 6.03 Å². The van der Waals surface area contributed by atoms with Crippen molar-refractivity contribution in [3.05, 3.63) is 59.4 Å². The van der Waals surface area contributed by atoms with Crippen molar-refractivity contribution in [1.29, 1.82) is 0 Å². The zero-order valence-corrected chi connectivity index (χ0v) is 18.1. The van der Waals surface area contributed by atoms with Crippen molar-refractivity contribution in [3.63, 3.8) is 0 Å². The maximum Gasteiger partial charge on any atom is 0.318 e. The number of halogens is 1. The molecule has 7 nitrogen and oxygen atoms in total. The van der Waals surface area contributed by atoms with Crippen molar-refractivity contribution in [2.75, 3.05) is 31.1 Å². The summed E-state index contributed by atoms with van der Waals surface area (Å²) in [6, 6.07) is 10.6. The molecule has 1 saturated heterocycles. The van der Waals surface area contributed by atoms with Crippen LogP contribution in [-0.4, -0.2) is 54.0 Å². The van der Waals surface area contributed by atoms with E-state index >= 15 is 0 Å². The first-order valence-electron chi connectivity index (χ1n) is 10.2. The Balaban J connectivity index is 1.51. The maximum atomic E-state index is 12.8. The second-order valence-electron chi connectivity index (χ2n) is 7.70. The van der Waals surface area contributed by atoms with E-state index in [2.05, 4.69) is 20.5 Å². The Morgan fingerprint density at radius 1 is 1.10 bits per heavy atom. The van der Waals surface area contributed by atoms with Gasteiger partial charge in [0.25, 0.3) is 0 Å². The summed E-state index contributed by atoms with van der Waals surface area (Å²) in [7, 11) is 0. The minimum atomic E-state index is -0.594. The van der Waals surface area contributed by atoms with Gasteiger partial charge in [0, 0.05) is 55.8 Å². The van der Waals surface area contributed by atoms with Crippen LogP contribution in [0.2, 0.25) is 5.02 Å². The Labute approximate surface area is 182 Å². The molecule has 3 rings (SSSR count). The van der Waals surface area contributed by atoms with Crippen molar-refractivity contribution < 1.29 is 9.59 Å². The molecule has 1 fully saturated rings. The highest BCUT2D eigenvalue weighted by Crippen LogP contribution is 2.19. The molecule has 0 aliphatic carbocycles. The number of benzene rings is 1. The van der Waals surface area contributed by atoms with Crippen LogP contribution in [0, 0.1) is 5.92 Å². The number of hydrogen-bond donors (Lipinski definition) is 2. The molecule has 0 saturated carbocycles. The summed E-state index contributed by atoms with van der Waals surface area (Å²) in [5.74, 6) is -0.222. The SMILES string of the molecule is CC(C)C(NC(=O)N1CCN(c2ccc(Cl)cc2)CC1)C(=O)NCc1cccnc1. The first kappa shape index (κ1) is 21.9. The molecule has 160 valence electrons. The number of amides is 3. The van der Waals surface area contributed by atoms with E-state index in [-0.39, 0.29) is 17.9 Å². The summed E-state index contributed by atoms with van der Waals surface area (Å²) < 4.78 is 0. The molecule has 2 heterocycles. The van der Waals surface area contributed by atoms with E-state index in [1.165, 1.54) is 0 Å². The van der Waals surface area contributed by atoms with E-state index in [1.807, 2.05) is 50.2 Å². The van der Waals surface area contributed by atoms with Crippen molar-refractivity contribution in [3.8, 4) is 0 Å². The van der Waals surface area contributed by atoms with E-state index < -0.39 is 6.04 Å². The molecule has 1 unspecified atom stereocenters. The highest BCUT2D eigenvalue weighted by molar-refractivity contribution is 6.30. The second kappa shape index (κ2) is 10.3. The monoisotopic (exact) mass is 429 g/mol. The van der Waals surface area contributed by atoms with E-state index in [1.54, 1.807) is 17.3 Å². The minimum Gasteiger partial charge on any atom is -0.368 e. The number of hydrogen-bond acceptors (Lipinski definition) is 4. The van der Waals surface area contributed by atoms with Gasteiger partial charge in [-0.25, -0.2) is 4.79 Å². The second-order valence-corrected chi connectivity index (χ2v) is 8.14. The highest BCUT2D eigenvalue weighted by Gasteiger charge is 2.28. The lowest BCUT2D eigenvalue weighted by molar-refractivity contribution is -0.124. The minimum absolute atomic E-state index is 0.0294. The van der Waals surface area contributed by atoms with E-state index in [0.29, 0.717) is 24.7 Å². The molecule has 0 spiro atoms. The standard InChI is InChI=1S/C22H28ClN5O2/c1-16(2)20(21(29)25-15-17-4-3-9-24-14-17)26-22(30)28-12-10-27(11-13-28)19-7-5-18(23)6-8-19/h3-9,14,16,20H,10-13,15H2,1-2H3,(H,25,29)(H,26,30). The van der Waals surface area contributed by atoms with Crippen LogP contribution in [0.25, 0.3) is 0 Å². The van der Waals surface area contributed by atoms with Crippen molar-refractivity contribution >= 4 is 29.2 Å². The average molecular weight is 430 g/mol. The molecule has 0 bridgehead atoms. The first-order valence-corrected chi connectivity index (χ1v) is 10.5. The molecule has 1 aromatic heterocycles. The smallest absolute Gasteiger partial charge is 0.318 e. The summed E-state index contributed by atoms with van der Waals surface area (Å²) in [5, 5.41) is 6.50. The maximum absolute atomic E-state index is 12.8. The molecular formula is C22H28ClN5O2. The van der Waals surface area contributed by atoms with Crippen LogP contribution in [0.15, 0.2) is 48.8 Å². The number of carbonyl (C=O) groups excluding carboxylic acids is 2. The lowest BCUT2D eigenvalue weighted by Gasteiger charge is -2.37. The summed E-state index contributed by atoms with van der Waals surface area (Å²) >= 11 is 5.96. The molecule has 1 aliphatic heterocycles. The number of urea groups is 1. The number of carbonyl (C=O) groups is 2. The summed E-state index contributed by atoms with van der Waals surface area (Å²) in [6.45, 7) is 6.88. The summed E-state index contributed by atoms with van der Waals surface area (Å²) in [5.41, 5.74) is 2.01. The zero-order chi connectivity index (χ0) is 21.5. The predicted octanol–water partition coefficient (Wildman–Crippen LogP) is 2.91. The van der Waals surface area contributed by atoms with Gasteiger partial charge in [-0.3, -0.25) is 9.78 Å². The number of piperazine rings is 1. The number of nitrogens with one attached hydrogen (secondary N) is 2. The van der Waals surface area contributed by atoms with Crippen LogP contribution < -0.4 is 15.5 Å². The lowest BCUT2D eigenvalue weighted by Crippen LogP contribution is -2.57. The molecule has 30 heavy (non-hydrogen) atoms. The van der Waals surface area contributed by atoms with Gasteiger partial charge < -0.3 is 20.4 Å². The molecule has 2 N–H and O–H groups in total. The van der Waals surface area contributed by atoms with E-state index in [0.717, 1.165) is 24.3 Å². The van der Waals surface area contributed by atoms with Crippen molar-refractivity contribution in [2.24, 2.45) is 5.92 Å². The summed E-state index contributed by atoms with van der Waals surface area (Å²) in [4.78, 5) is 33.5. The highest BCUT2D eigenvalue weighted by atomic mass is 35.5. The Hall–Kier alpha value is -2.80. The Bertz CT molecular complexity index is 836. The largest absolute Gasteiger partial charge is 0.368 e. The Kier molecular flexibility index (Phi) is 7.52. The van der Waals surface area contributed by atoms with Crippen LogP contribution in [-0.2, 0) is 11.3 Å². The number of pyridine rings is 1. The molecule has 1 atom stereocenters. The average Bonchev–Trinajstić information content (AvgIpc) is 2.77. The normalized spacial score (nSPS) is 15.1. The predicted molar refractivity (Wildman–Crippen MR) is 118 cm³/mol. The third kappa shape index (κ3) is 5.86. The first-order chi connectivity index (χ1) is 14.4. The number of anilines is 1. The van der Waals surface area contributed by atoms with Gasteiger partial charge in [0.1, 0.15) is 6.04 Å². The van der Waals surface area contributed by atoms with Crippen molar-refractivity contribution in [2.45, 2.75) is 26.4 Å². The summed E-state index contributed by atoms with van der Waals surface area (Å²) in [6.07, 6.45) is 3.40. The lowest BCUT2D eigenvalue weighted by atomic mass is 10.0. The third-order valence-electron chi connectivity index (χ3n) is 5.18. The van der Waals surface area contributed by atoms with Crippen LogP contribution in [0.3, 0.4) is 0 Å². The number of aromatic nitrogens is 1. The van der Waals surface area contributed by atoms with Gasteiger partial charge in [-0.15, -0.1) is 0 Å². The quantitative estimate of drug-likeness (QED) is 0.740. The molecule has 0 radical (unpaired) electrons. The third-order valence-corrected chi connectivity index (χ3v) is 5.43. The van der Waals surface area contributed by atoms with Crippen LogP contribution in [0.4, 0.5) is 10.5 Å². The molecular weight excluding hydrogens is 402 g/mol. The van der Waals surface area contributed by atoms with Gasteiger partial charge in [-0.1, -0.05) is 31.5 Å². The van der Waals surface area contributed by atoms with Gasteiger partial charge in [-0.2, -0.15) is 0 Å². The molecule has 8 heteroatoms. The fourth-order valence-electron chi connectivity index (χ4n) is 3.38. The van der Waals surface area contributed by atoms with Crippen molar-refractivity contribution in [1.82, 2.24) is 20.5 Å².